The molecular formula is C20H26N4O3. The van der Waals surface area contributed by atoms with Crippen molar-refractivity contribution in [1.29, 1.82) is 0 Å². The minimum Gasteiger partial charge on any atom is -0.371 e. The van der Waals surface area contributed by atoms with Gasteiger partial charge in [0.05, 0.1) is 0 Å². The molecule has 1 fully saturated rings. The van der Waals surface area contributed by atoms with Crippen molar-refractivity contribution in [2.24, 2.45) is 0 Å². The molecule has 27 heavy (non-hydrogen) atoms. The highest BCUT2D eigenvalue weighted by atomic mass is 16.2. The van der Waals surface area contributed by atoms with Crippen LogP contribution in [0.25, 0.3) is 0 Å². The van der Waals surface area contributed by atoms with Crippen LogP contribution in [0.15, 0.2) is 33.9 Å². The van der Waals surface area contributed by atoms with Crippen molar-refractivity contribution in [2.75, 3.05) is 25.0 Å². The molecule has 0 atom stereocenters. The average Bonchev–Trinajstić information content (AvgIpc) is 3.15. The Hall–Kier alpha value is -2.83. The second-order valence-corrected chi connectivity index (χ2v) is 7.08. The molecule has 144 valence electrons. The average molecular weight is 370 g/mol. The predicted octanol–water partition coefficient (Wildman–Crippen LogP) is 1.56. The van der Waals surface area contributed by atoms with Gasteiger partial charge in [0.1, 0.15) is 0 Å². The van der Waals surface area contributed by atoms with Crippen LogP contribution >= 0.6 is 0 Å². The van der Waals surface area contributed by atoms with Crippen LogP contribution in [0, 0.1) is 6.92 Å². The molecule has 0 bridgehead atoms. The highest BCUT2D eigenvalue weighted by Crippen LogP contribution is 2.25. The first-order valence-corrected chi connectivity index (χ1v) is 9.34. The number of para-hydroxylation sites is 1. The van der Waals surface area contributed by atoms with E-state index in [4.69, 9.17) is 0 Å². The molecule has 2 N–H and O–H groups in total. The molecule has 1 aromatic carbocycles. The zero-order valence-corrected chi connectivity index (χ0v) is 15.9. The third-order valence-corrected chi connectivity index (χ3v) is 5.12. The van der Waals surface area contributed by atoms with E-state index in [1.165, 1.54) is 18.5 Å². The summed E-state index contributed by atoms with van der Waals surface area (Å²) in [7, 11) is 1.78. The molecule has 1 aromatic heterocycles. The molecule has 1 saturated heterocycles. The summed E-state index contributed by atoms with van der Waals surface area (Å²) in [5, 5.41) is 0. The Labute approximate surface area is 158 Å². The van der Waals surface area contributed by atoms with Crippen LogP contribution in [-0.2, 0) is 17.8 Å². The second-order valence-electron chi connectivity index (χ2n) is 7.08. The lowest BCUT2D eigenvalue weighted by molar-refractivity contribution is -0.130. The van der Waals surface area contributed by atoms with Gasteiger partial charge >= 0.3 is 5.69 Å². The van der Waals surface area contributed by atoms with Crippen LogP contribution in [0.2, 0.25) is 0 Å². The topological polar surface area (TPSA) is 89.3 Å². The van der Waals surface area contributed by atoms with Crippen LogP contribution in [0.5, 0.6) is 0 Å². The van der Waals surface area contributed by atoms with Gasteiger partial charge < -0.3 is 14.8 Å². The van der Waals surface area contributed by atoms with Crippen molar-refractivity contribution in [3.05, 3.63) is 61.9 Å². The van der Waals surface area contributed by atoms with Gasteiger partial charge in [-0.3, -0.25) is 14.6 Å². The Morgan fingerprint density at radius 3 is 2.56 bits per heavy atom. The van der Waals surface area contributed by atoms with E-state index < -0.39 is 11.2 Å². The van der Waals surface area contributed by atoms with Gasteiger partial charge in [-0.15, -0.1) is 0 Å². The smallest absolute Gasteiger partial charge is 0.325 e. The van der Waals surface area contributed by atoms with Crippen LogP contribution in [0.4, 0.5) is 5.69 Å². The van der Waals surface area contributed by atoms with Crippen LogP contribution in [0.1, 0.15) is 36.1 Å². The summed E-state index contributed by atoms with van der Waals surface area (Å²) in [6, 6.07) is 8.21. The van der Waals surface area contributed by atoms with E-state index in [9.17, 15) is 14.4 Å². The number of nitrogens with one attached hydrogen (secondary N) is 2. The van der Waals surface area contributed by atoms with E-state index in [2.05, 4.69) is 27.0 Å². The monoisotopic (exact) mass is 370 g/mol. The number of carbonyl (C=O) groups excluding carboxylic acids is 1. The Morgan fingerprint density at radius 2 is 1.85 bits per heavy atom. The fourth-order valence-electron chi connectivity index (χ4n) is 3.60. The molecule has 2 heterocycles. The van der Waals surface area contributed by atoms with Gasteiger partial charge in [-0.1, -0.05) is 18.2 Å². The standard InChI is InChI=1S/C20H26N4O3/c1-14-16(19(26)22-20(27)21-14)9-10-18(25)23(2)13-15-7-3-4-8-17(15)24-11-5-6-12-24/h3-4,7-8H,5-6,9-13H2,1-2H3,(H2,21,22,26,27). The molecule has 1 aliphatic rings. The summed E-state index contributed by atoms with van der Waals surface area (Å²) in [4.78, 5) is 44.6. The fourth-order valence-corrected chi connectivity index (χ4v) is 3.60. The molecule has 0 spiro atoms. The Morgan fingerprint density at radius 1 is 1.15 bits per heavy atom. The maximum atomic E-state index is 12.6. The second kappa shape index (κ2) is 8.24. The zero-order valence-electron chi connectivity index (χ0n) is 15.9. The van der Waals surface area contributed by atoms with Gasteiger partial charge in [-0.05, 0) is 37.8 Å². The van der Waals surface area contributed by atoms with Gasteiger partial charge in [-0.25, -0.2) is 4.79 Å². The van der Waals surface area contributed by atoms with Crippen molar-refractivity contribution in [1.82, 2.24) is 14.9 Å². The summed E-state index contributed by atoms with van der Waals surface area (Å²) >= 11 is 0. The fraction of sp³-hybridized carbons (Fsp3) is 0.450. The number of H-pyrrole nitrogens is 2. The largest absolute Gasteiger partial charge is 0.371 e. The van der Waals surface area contributed by atoms with E-state index in [0.29, 0.717) is 24.2 Å². The Bertz CT molecular complexity index is 925. The van der Waals surface area contributed by atoms with Gasteiger partial charge in [0.15, 0.2) is 0 Å². The van der Waals surface area contributed by atoms with Gasteiger partial charge in [0.2, 0.25) is 5.91 Å². The minimum atomic E-state index is -0.525. The molecule has 1 aliphatic heterocycles. The van der Waals surface area contributed by atoms with Crippen molar-refractivity contribution in [3.63, 3.8) is 0 Å². The number of carbonyl (C=O) groups is 1. The van der Waals surface area contributed by atoms with Gasteiger partial charge in [-0.2, -0.15) is 0 Å². The molecule has 0 aliphatic carbocycles. The summed E-state index contributed by atoms with van der Waals surface area (Å²) in [5.41, 5.74) is 2.34. The normalized spacial score (nSPS) is 13.8. The quantitative estimate of drug-likeness (QED) is 0.808. The lowest BCUT2D eigenvalue weighted by atomic mass is 10.1. The maximum Gasteiger partial charge on any atom is 0.325 e. The molecule has 0 radical (unpaired) electrons. The highest BCUT2D eigenvalue weighted by molar-refractivity contribution is 5.76. The van der Waals surface area contributed by atoms with Crippen molar-refractivity contribution in [2.45, 2.75) is 39.2 Å². The first kappa shape index (κ1) is 18.9. The maximum absolute atomic E-state index is 12.6. The van der Waals surface area contributed by atoms with Gasteiger partial charge in [0.25, 0.3) is 5.56 Å². The number of hydrogen-bond donors (Lipinski definition) is 2. The minimum absolute atomic E-state index is 0.0313. The van der Waals surface area contributed by atoms with Crippen LogP contribution < -0.4 is 16.1 Å². The summed E-state index contributed by atoms with van der Waals surface area (Å²) in [6.07, 6.45) is 2.93. The number of benzene rings is 1. The summed E-state index contributed by atoms with van der Waals surface area (Å²) in [5.74, 6) is -0.0313. The third kappa shape index (κ3) is 4.48. The number of aromatic nitrogens is 2. The number of amides is 1. The van der Waals surface area contributed by atoms with Crippen molar-refractivity contribution >= 4 is 11.6 Å². The molecule has 7 heteroatoms. The number of hydrogen-bond acceptors (Lipinski definition) is 4. The molecule has 7 nitrogen and oxygen atoms in total. The summed E-state index contributed by atoms with van der Waals surface area (Å²) in [6.45, 7) is 4.32. The van der Waals surface area contributed by atoms with E-state index >= 15 is 0 Å². The number of rotatable bonds is 6. The number of anilines is 1. The SMILES string of the molecule is Cc1[nH]c(=O)[nH]c(=O)c1CCC(=O)N(C)Cc1ccccc1N1CCCC1. The van der Waals surface area contributed by atoms with E-state index in [1.807, 2.05) is 12.1 Å². The lowest BCUT2D eigenvalue weighted by Gasteiger charge is -2.24. The molecule has 3 rings (SSSR count). The van der Waals surface area contributed by atoms with E-state index in [1.54, 1.807) is 18.9 Å². The molecule has 0 unspecified atom stereocenters. The van der Waals surface area contributed by atoms with Crippen molar-refractivity contribution in [3.8, 4) is 0 Å². The zero-order chi connectivity index (χ0) is 19.4. The first-order valence-electron chi connectivity index (χ1n) is 9.34. The van der Waals surface area contributed by atoms with E-state index in [-0.39, 0.29) is 12.3 Å². The van der Waals surface area contributed by atoms with Crippen LogP contribution in [0.3, 0.4) is 0 Å². The number of aryl methyl sites for hydroxylation is 1. The number of aromatic amines is 2. The third-order valence-electron chi connectivity index (χ3n) is 5.12. The van der Waals surface area contributed by atoms with Crippen molar-refractivity contribution < 1.29 is 4.79 Å². The van der Waals surface area contributed by atoms with Crippen LogP contribution in [-0.4, -0.2) is 40.9 Å². The predicted molar refractivity (Wildman–Crippen MR) is 105 cm³/mol. The Balaban J connectivity index is 1.65. The van der Waals surface area contributed by atoms with E-state index in [0.717, 1.165) is 18.7 Å². The molecule has 1 amide bonds. The van der Waals surface area contributed by atoms with Gasteiger partial charge in [0, 0.05) is 50.0 Å². The lowest BCUT2D eigenvalue weighted by Crippen LogP contribution is -2.30. The molecular weight excluding hydrogens is 344 g/mol. The molecule has 0 saturated carbocycles. The molecule has 2 aromatic rings. The Kier molecular flexibility index (Phi) is 5.78. The highest BCUT2D eigenvalue weighted by Gasteiger charge is 2.18. The first-order chi connectivity index (χ1) is 13.0. The number of nitrogens with zero attached hydrogens (tertiary/aromatic N) is 2. The summed E-state index contributed by atoms with van der Waals surface area (Å²) < 4.78 is 0.